The summed E-state index contributed by atoms with van der Waals surface area (Å²) in [5.41, 5.74) is 0.257. The molecular formula is C17H12Cl5N3O4. The Bertz CT molecular complexity index is 932. The molecule has 0 heterocycles. The standard InChI is InChI=1S/C17H12Cl5N3O4/c18-10-3-6-13(12(19)7-10)23-16(27)24-15(17(20,21)22)8-14(26)9-1-4-11(5-2-9)25(28)29/h1-7,15H,8H2,(H2,23,24,27)/t15-/m1/s1. The third-order valence-electron chi connectivity index (χ3n) is 3.67. The molecule has 0 aliphatic rings. The zero-order valence-electron chi connectivity index (χ0n) is 14.3. The van der Waals surface area contributed by atoms with Crippen molar-refractivity contribution in [2.75, 3.05) is 5.32 Å². The molecule has 0 saturated heterocycles. The molecule has 2 rings (SSSR count). The minimum absolute atomic E-state index is 0.165. The molecule has 12 heteroatoms. The number of benzene rings is 2. The summed E-state index contributed by atoms with van der Waals surface area (Å²) in [6, 6.07) is 7.41. The van der Waals surface area contributed by atoms with Crippen molar-refractivity contribution in [1.82, 2.24) is 5.32 Å². The molecule has 0 unspecified atom stereocenters. The number of hydrogen-bond donors (Lipinski definition) is 2. The minimum Gasteiger partial charge on any atom is -0.330 e. The molecule has 2 amide bonds. The number of carbonyl (C=O) groups excluding carboxylic acids is 2. The number of ketones is 1. The van der Waals surface area contributed by atoms with E-state index in [2.05, 4.69) is 10.6 Å². The lowest BCUT2D eigenvalue weighted by molar-refractivity contribution is -0.384. The van der Waals surface area contributed by atoms with Crippen LogP contribution in [0.1, 0.15) is 16.8 Å². The second kappa shape index (κ2) is 9.82. The number of halogens is 5. The maximum Gasteiger partial charge on any atom is 0.319 e. The molecule has 0 aliphatic heterocycles. The highest BCUT2D eigenvalue weighted by atomic mass is 35.6. The molecule has 154 valence electrons. The molecule has 0 fully saturated rings. The van der Waals surface area contributed by atoms with Gasteiger partial charge in [0, 0.05) is 29.1 Å². The van der Waals surface area contributed by atoms with E-state index >= 15 is 0 Å². The fourth-order valence-electron chi connectivity index (χ4n) is 2.23. The summed E-state index contributed by atoms with van der Waals surface area (Å²) in [5.74, 6) is -0.485. The molecule has 0 aromatic heterocycles. The van der Waals surface area contributed by atoms with Gasteiger partial charge in [-0.15, -0.1) is 0 Å². The van der Waals surface area contributed by atoms with Gasteiger partial charge in [-0.3, -0.25) is 14.9 Å². The number of anilines is 1. The number of carbonyl (C=O) groups is 2. The van der Waals surface area contributed by atoms with Crippen molar-refractivity contribution in [2.45, 2.75) is 16.3 Å². The van der Waals surface area contributed by atoms with Crippen LogP contribution in [0.2, 0.25) is 10.0 Å². The van der Waals surface area contributed by atoms with Crippen LogP contribution in [0.3, 0.4) is 0 Å². The Kier molecular flexibility index (Phi) is 7.96. The third-order valence-corrected chi connectivity index (χ3v) is 5.01. The molecule has 2 aromatic carbocycles. The maximum atomic E-state index is 12.5. The molecule has 0 radical (unpaired) electrons. The molecule has 2 aromatic rings. The lowest BCUT2D eigenvalue weighted by atomic mass is 10.0. The van der Waals surface area contributed by atoms with Gasteiger partial charge < -0.3 is 10.6 Å². The van der Waals surface area contributed by atoms with E-state index in [4.69, 9.17) is 58.0 Å². The van der Waals surface area contributed by atoms with E-state index in [1.807, 2.05) is 0 Å². The topological polar surface area (TPSA) is 101 Å². The Balaban J connectivity index is 2.09. The van der Waals surface area contributed by atoms with Gasteiger partial charge in [0.25, 0.3) is 5.69 Å². The Labute approximate surface area is 190 Å². The van der Waals surface area contributed by atoms with Gasteiger partial charge >= 0.3 is 6.03 Å². The summed E-state index contributed by atoms with van der Waals surface area (Å²) in [4.78, 5) is 34.8. The van der Waals surface area contributed by atoms with Crippen LogP contribution < -0.4 is 10.6 Å². The van der Waals surface area contributed by atoms with Crippen LogP contribution in [0.15, 0.2) is 42.5 Å². The number of urea groups is 1. The van der Waals surface area contributed by atoms with Gasteiger partial charge in [0.15, 0.2) is 5.78 Å². The highest BCUT2D eigenvalue weighted by molar-refractivity contribution is 6.68. The summed E-state index contributed by atoms with van der Waals surface area (Å²) < 4.78 is -2.00. The van der Waals surface area contributed by atoms with Crippen molar-refractivity contribution < 1.29 is 14.5 Å². The van der Waals surface area contributed by atoms with E-state index in [9.17, 15) is 19.7 Å². The summed E-state index contributed by atoms with van der Waals surface area (Å²) in [6.45, 7) is 0. The molecule has 29 heavy (non-hydrogen) atoms. The van der Waals surface area contributed by atoms with Gasteiger partial charge in [0.05, 0.1) is 21.7 Å². The number of nitro groups is 1. The van der Waals surface area contributed by atoms with Crippen molar-refractivity contribution in [3.05, 3.63) is 68.2 Å². The Morgan fingerprint density at radius 3 is 2.21 bits per heavy atom. The highest BCUT2D eigenvalue weighted by Gasteiger charge is 2.36. The quantitative estimate of drug-likeness (QED) is 0.219. The number of Topliss-reactive ketones (excluding diaryl/α,β-unsaturated/α-hetero) is 1. The molecule has 1 atom stereocenters. The fourth-order valence-corrected chi connectivity index (χ4v) is 3.08. The first-order valence-electron chi connectivity index (χ1n) is 7.84. The van der Waals surface area contributed by atoms with Crippen molar-refractivity contribution in [2.24, 2.45) is 0 Å². The molecule has 0 bridgehead atoms. The zero-order chi connectivity index (χ0) is 21.8. The van der Waals surface area contributed by atoms with E-state index in [-0.39, 0.29) is 28.4 Å². The first-order chi connectivity index (χ1) is 13.5. The number of hydrogen-bond acceptors (Lipinski definition) is 4. The predicted molar refractivity (Wildman–Crippen MR) is 115 cm³/mol. The lowest BCUT2D eigenvalue weighted by Crippen LogP contribution is -2.46. The fraction of sp³-hybridized carbons (Fsp3) is 0.176. The van der Waals surface area contributed by atoms with Gasteiger partial charge in [0.2, 0.25) is 3.79 Å². The van der Waals surface area contributed by atoms with Gasteiger partial charge in [-0.2, -0.15) is 0 Å². The number of nitro benzene ring substituents is 1. The minimum atomic E-state index is -2.00. The van der Waals surface area contributed by atoms with Crippen molar-refractivity contribution in [3.63, 3.8) is 0 Å². The number of nitrogens with zero attached hydrogens (tertiary/aromatic N) is 1. The average molecular weight is 500 g/mol. The predicted octanol–water partition coefficient (Wildman–Crippen LogP) is 6.03. The number of nitrogens with one attached hydrogen (secondary N) is 2. The molecule has 0 aliphatic carbocycles. The first kappa shape index (κ1) is 23.5. The SMILES string of the molecule is O=C(Nc1ccc(Cl)cc1Cl)N[C@H](CC(=O)c1ccc([N+](=O)[O-])cc1)C(Cl)(Cl)Cl. The van der Waals surface area contributed by atoms with Crippen LogP contribution in [-0.2, 0) is 0 Å². The van der Waals surface area contributed by atoms with Gasteiger partial charge in [-0.1, -0.05) is 58.0 Å². The molecule has 7 nitrogen and oxygen atoms in total. The third kappa shape index (κ3) is 6.90. The average Bonchev–Trinajstić information content (AvgIpc) is 2.62. The van der Waals surface area contributed by atoms with Crippen LogP contribution in [0, 0.1) is 10.1 Å². The van der Waals surface area contributed by atoms with Crippen LogP contribution in [0.5, 0.6) is 0 Å². The molecule has 0 spiro atoms. The van der Waals surface area contributed by atoms with Crippen molar-refractivity contribution in [3.8, 4) is 0 Å². The van der Waals surface area contributed by atoms with Crippen LogP contribution in [0.25, 0.3) is 0 Å². The van der Waals surface area contributed by atoms with Gasteiger partial charge in [-0.05, 0) is 30.3 Å². The summed E-state index contributed by atoms with van der Waals surface area (Å²) >= 11 is 29.5. The summed E-state index contributed by atoms with van der Waals surface area (Å²) in [7, 11) is 0. The normalized spacial score (nSPS) is 12.2. The monoisotopic (exact) mass is 497 g/mol. The molecular weight excluding hydrogens is 487 g/mol. The van der Waals surface area contributed by atoms with E-state index in [0.717, 1.165) is 0 Å². The Morgan fingerprint density at radius 2 is 1.69 bits per heavy atom. The lowest BCUT2D eigenvalue weighted by Gasteiger charge is -2.25. The van der Waals surface area contributed by atoms with E-state index in [1.165, 1.54) is 42.5 Å². The number of rotatable bonds is 6. The van der Waals surface area contributed by atoms with E-state index < -0.39 is 26.6 Å². The second-order valence-corrected chi connectivity index (χ2v) is 8.96. The van der Waals surface area contributed by atoms with Crippen LogP contribution >= 0.6 is 58.0 Å². The number of alkyl halides is 3. The number of non-ortho nitro benzene ring substituents is 1. The molecule has 2 N–H and O–H groups in total. The van der Waals surface area contributed by atoms with Gasteiger partial charge in [0.1, 0.15) is 0 Å². The first-order valence-corrected chi connectivity index (χ1v) is 9.73. The van der Waals surface area contributed by atoms with Gasteiger partial charge in [-0.25, -0.2) is 4.79 Å². The summed E-state index contributed by atoms with van der Waals surface area (Å²) in [6.07, 6.45) is -0.365. The molecule has 0 saturated carbocycles. The second-order valence-electron chi connectivity index (χ2n) is 5.75. The largest absolute Gasteiger partial charge is 0.330 e. The Hall–Kier alpha value is -1.77. The van der Waals surface area contributed by atoms with E-state index in [0.29, 0.717) is 5.02 Å². The Morgan fingerprint density at radius 1 is 1.07 bits per heavy atom. The number of amides is 2. The maximum absolute atomic E-state index is 12.5. The zero-order valence-corrected chi connectivity index (χ0v) is 18.1. The van der Waals surface area contributed by atoms with Crippen molar-refractivity contribution in [1.29, 1.82) is 0 Å². The smallest absolute Gasteiger partial charge is 0.319 e. The van der Waals surface area contributed by atoms with Crippen LogP contribution in [-0.4, -0.2) is 26.6 Å². The van der Waals surface area contributed by atoms with Crippen molar-refractivity contribution >= 4 is 81.2 Å². The highest BCUT2D eigenvalue weighted by Crippen LogP contribution is 2.33. The summed E-state index contributed by atoms with van der Waals surface area (Å²) in [5, 5.41) is 16.2. The van der Waals surface area contributed by atoms with E-state index in [1.54, 1.807) is 0 Å². The van der Waals surface area contributed by atoms with Crippen LogP contribution in [0.4, 0.5) is 16.2 Å².